The van der Waals surface area contributed by atoms with Gasteiger partial charge >= 0.3 is 11.6 Å². The van der Waals surface area contributed by atoms with Crippen molar-refractivity contribution < 1.29 is 9.66 Å². The number of ether oxygens (including phenoxy) is 1. The van der Waals surface area contributed by atoms with Crippen molar-refractivity contribution in [1.82, 2.24) is 9.97 Å². The molecule has 0 aliphatic heterocycles. The van der Waals surface area contributed by atoms with E-state index in [1.807, 2.05) is 68.4 Å². The molecule has 29 heavy (non-hydrogen) atoms. The Balaban J connectivity index is 1.72. The van der Waals surface area contributed by atoms with Crippen LogP contribution in [-0.2, 0) is 0 Å². The zero-order valence-electron chi connectivity index (χ0n) is 15.9. The van der Waals surface area contributed by atoms with Crippen LogP contribution < -0.4 is 10.1 Å². The summed E-state index contributed by atoms with van der Waals surface area (Å²) in [6, 6.07) is 19.1. The van der Waals surface area contributed by atoms with Crippen LogP contribution in [0, 0.1) is 24.0 Å². The van der Waals surface area contributed by atoms with E-state index < -0.39 is 4.92 Å². The Kier molecular flexibility index (Phi) is 4.78. The maximum Gasteiger partial charge on any atom is 0.373 e. The number of nitrogens with zero attached hydrogens (tertiary/aromatic N) is 3. The van der Waals surface area contributed by atoms with Crippen molar-refractivity contribution in [2.45, 2.75) is 13.8 Å². The van der Waals surface area contributed by atoms with E-state index in [0.29, 0.717) is 5.75 Å². The van der Waals surface area contributed by atoms with Gasteiger partial charge in [-0.3, -0.25) is 10.1 Å². The molecular weight excluding hydrogens is 368 g/mol. The minimum atomic E-state index is -0.538. The third-order valence-corrected chi connectivity index (χ3v) is 4.55. The molecule has 0 radical (unpaired) electrons. The van der Waals surface area contributed by atoms with Crippen molar-refractivity contribution in [2.24, 2.45) is 0 Å². The minimum absolute atomic E-state index is 0.0782. The number of nitro groups is 1. The first-order chi connectivity index (χ1) is 14.0. The zero-order chi connectivity index (χ0) is 20.4. The average molecular weight is 386 g/mol. The second-order valence-electron chi connectivity index (χ2n) is 6.69. The van der Waals surface area contributed by atoms with Crippen LogP contribution >= 0.6 is 0 Å². The summed E-state index contributed by atoms with van der Waals surface area (Å²) < 4.78 is 5.78. The summed E-state index contributed by atoms with van der Waals surface area (Å²) in [4.78, 5) is 19.3. The van der Waals surface area contributed by atoms with Crippen LogP contribution in [0.15, 0.2) is 67.0 Å². The third-order valence-electron chi connectivity index (χ3n) is 4.55. The van der Waals surface area contributed by atoms with Crippen molar-refractivity contribution in [2.75, 3.05) is 5.32 Å². The summed E-state index contributed by atoms with van der Waals surface area (Å²) in [5, 5.41) is 16.9. The van der Waals surface area contributed by atoms with Crippen LogP contribution in [0.3, 0.4) is 0 Å². The van der Waals surface area contributed by atoms with Gasteiger partial charge in [0, 0.05) is 5.69 Å². The first kappa shape index (κ1) is 18.4. The molecule has 0 bridgehead atoms. The van der Waals surface area contributed by atoms with Gasteiger partial charge in [0.15, 0.2) is 0 Å². The van der Waals surface area contributed by atoms with E-state index in [1.165, 1.54) is 6.33 Å². The SMILES string of the molecule is Cc1ccc(C)c(Nc2ncnc(Oc3ccc4ccccc4c3)c2[N+](=O)[O-])c1. The predicted molar refractivity (Wildman–Crippen MR) is 112 cm³/mol. The highest BCUT2D eigenvalue weighted by molar-refractivity contribution is 5.84. The van der Waals surface area contributed by atoms with Crippen molar-refractivity contribution in [3.63, 3.8) is 0 Å². The van der Waals surface area contributed by atoms with Gasteiger partial charge in [0.25, 0.3) is 0 Å². The Morgan fingerprint density at radius 2 is 1.76 bits per heavy atom. The second kappa shape index (κ2) is 7.55. The fraction of sp³-hybridized carbons (Fsp3) is 0.0909. The summed E-state index contributed by atoms with van der Waals surface area (Å²) in [6.07, 6.45) is 1.25. The number of nitrogens with one attached hydrogen (secondary N) is 1. The first-order valence-corrected chi connectivity index (χ1v) is 9.01. The Bertz CT molecular complexity index is 1220. The molecule has 7 nitrogen and oxygen atoms in total. The molecule has 1 aromatic heterocycles. The van der Waals surface area contributed by atoms with E-state index in [-0.39, 0.29) is 17.4 Å². The maximum atomic E-state index is 11.8. The molecule has 0 saturated carbocycles. The third kappa shape index (κ3) is 3.84. The first-order valence-electron chi connectivity index (χ1n) is 9.01. The van der Waals surface area contributed by atoms with Gasteiger partial charge in [0.1, 0.15) is 12.1 Å². The van der Waals surface area contributed by atoms with Gasteiger partial charge < -0.3 is 10.1 Å². The highest BCUT2D eigenvalue weighted by Crippen LogP contribution is 2.36. The number of anilines is 2. The van der Waals surface area contributed by atoms with Gasteiger partial charge in [-0.15, -0.1) is 0 Å². The zero-order valence-corrected chi connectivity index (χ0v) is 15.9. The quantitative estimate of drug-likeness (QED) is 0.350. The van der Waals surface area contributed by atoms with Crippen molar-refractivity contribution in [1.29, 1.82) is 0 Å². The number of aromatic nitrogens is 2. The van der Waals surface area contributed by atoms with Crippen molar-refractivity contribution >= 4 is 28.0 Å². The Hall–Kier alpha value is -4.00. The number of rotatable bonds is 5. The fourth-order valence-corrected chi connectivity index (χ4v) is 3.03. The number of hydrogen-bond donors (Lipinski definition) is 1. The predicted octanol–water partition coefficient (Wildman–Crippen LogP) is 5.69. The molecule has 0 aliphatic rings. The standard InChI is InChI=1S/C22H18N4O3/c1-14-7-8-15(2)19(11-14)25-21-20(26(27)28)22(24-13-23-21)29-18-10-9-16-5-3-4-6-17(16)12-18/h3-13H,1-2H3,(H,23,24,25). The monoisotopic (exact) mass is 386 g/mol. The molecule has 4 aromatic rings. The molecule has 144 valence electrons. The lowest BCUT2D eigenvalue weighted by Crippen LogP contribution is -2.04. The topological polar surface area (TPSA) is 90.2 Å². The minimum Gasteiger partial charge on any atom is -0.434 e. The van der Waals surface area contributed by atoms with Crippen LogP contribution in [-0.4, -0.2) is 14.9 Å². The smallest absolute Gasteiger partial charge is 0.373 e. The lowest BCUT2D eigenvalue weighted by Gasteiger charge is -2.12. The van der Waals surface area contributed by atoms with E-state index in [9.17, 15) is 10.1 Å². The Morgan fingerprint density at radius 1 is 0.966 bits per heavy atom. The van der Waals surface area contributed by atoms with Gasteiger partial charge in [0.2, 0.25) is 5.82 Å². The Labute approximate surface area is 167 Å². The van der Waals surface area contributed by atoms with Gasteiger partial charge in [-0.05, 0) is 53.9 Å². The molecule has 1 heterocycles. The van der Waals surface area contributed by atoms with E-state index >= 15 is 0 Å². The Morgan fingerprint density at radius 3 is 2.55 bits per heavy atom. The summed E-state index contributed by atoms with van der Waals surface area (Å²) in [5.74, 6) is 0.422. The average Bonchev–Trinajstić information content (AvgIpc) is 2.70. The second-order valence-corrected chi connectivity index (χ2v) is 6.69. The highest BCUT2D eigenvalue weighted by Gasteiger charge is 2.25. The van der Waals surface area contributed by atoms with Crippen molar-refractivity contribution in [3.8, 4) is 11.6 Å². The molecule has 3 aromatic carbocycles. The van der Waals surface area contributed by atoms with Crippen LogP contribution in [0.2, 0.25) is 0 Å². The number of hydrogen-bond acceptors (Lipinski definition) is 6. The molecular formula is C22H18N4O3. The van der Waals surface area contributed by atoms with Crippen LogP contribution in [0.4, 0.5) is 17.2 Å². The van der Waals surface area contributed by atoms with Gasteiger partial charge in [0.05, 0.1) is 4.92 Å². The van der Waals surface area contributed by atoms with E-state index in [0.717, 1.165) is 27.6 Å². The number of aryl methyl sites for hydroxylation is 2. The fourth-order valence-electron chi connectivity index (χ4n) is 3.03. The molecule has 1 N–H and O–H groups in total. The molecule has 7 heteroatoms. The normalized spacial score (nSPS) is 10.7. The van der Waals surface area contributed by atoms with Gasteiger partial charge in [-0.2, -0.15) is 4.98 Å². The van der Waals surface area contributed by atoms with E-state index in [1.54, 1.807) is 6.07 Å². The van der Waals surface area contributed by atoms with E-state index in [4.69, 9.17) is 4.74 Å². The number of benzene rings is 3. The van der Waals surface area contributed by atoms with Gasteiger partial charge in [-0.1, -0.05) is 42.5 Å². The largest absolute Gasteiger partial charge is 0.434 e. The maximum absolute atomic E-state index is 11.8. The summed E-state index contributed by atoms with van der Waals surface area (Å²) >= 11 is 0. The van der Waals surface area contributed by atoms with E-state index in [2.05, 4.69) is 15.3 Å². The van der Waals surface area contributed by atoms with Crippen LogP contribution in [0.5, 0.6) is 11.6 Å². The molecule has 0 atom stereocenters. The number of fused-ring (bicyclic) bond motifs is 1. The molecule has 0 amide bonds. The summed E-state index contributed by atoms with van der Waals surface area (Å²) in [6.45, 7) is 3.87. The van der Waals surface area contributed by atoms with Crippen molar-refractivity contribution in [3.05, 3.63) is 88.2 Å². The molecule has 0 fully saturated rings. The lowest BCUT2D eigenvalue weighted by molar-refractivity contribution is -0.385. The van der Waals surface area contributed by atoms with Gasteiger partial charge in [-0.25, -0.2) is 4.98 Å². The summed E-state index contributed by atoms with van der Waals surface area (Å²) in [5.41, 5.74) is 2.40. The molecule has 0 unspecified atom stereocenters. The highest BCUT2D eigenvalue weighted by atomic mass is 16.6. The molecule has 0 saturated heterocycles. The lowest BCUT2D eigenvalue weighted by atomic mass is 10.1. The van der Waals surface area contributed by atoms with Crippen LogP contribution in [0.1, 0.15) is 11.1 Å². The molecule has 0 aliphatic carbocycles. The van der Waals surface area contributed by atoms with Crippen LogP contribution in [0.25, 0.3) is 10.8 Å². The molecule has 4 rings (SSSR count). The summed E-state index contributed by atoms with van der Waals surface area (Å²) in [7, 11) is 0. The molecule has 0 spiro atoms.